The molecule has 1 aliphatic carbocycles. The fraction of sp³-hybridized carbons (Fsp3) is 0.200. The Hall–Kier alpha value is -2.76. The molecule has 0 bridgehead atoms. The molecule has 1 fully saturated rings. The van der Waals surface area contributed by atoms with Crippen LogP contribution in [0.5, 0.6) is 0 Å². The van der Waals surface area contributed by atoms with Crippen molar-refractivity contribution < 1.29 is 0 Å². The fourth-order valence-corrected chi connectivity index (χ4v) is 2.49. The maximum absolute atomic E-state index is 12.8. The Bertz CT molecular complexity index is 884. The van der Waals surface area contributed by atoms with E-state index in [4.69, 9.17) is 5.73 Å². The molecule has 0 aromatic carbocycles. The molecular formula is C15H13N5O. The standard InChI is InChI=1S/C15H13N5O/c16-11-5-8-18-14-13(11)19-12(9-3-6-17-7-4-9)15(21)20(14)10-1-2-10/h3-8,10H,1-2H2,(H2,16,18). The van der Waals surface area contributed by atoms with Gasteiger partial charge in [-0.2, -0.15) is 0 Å². The van der Waals surface area contributed by atoms with Gasteiger partial charge in [0, 0.05) is 30.2 Å². The summed E-state index contributed by atoms with van der Waals surface area (Å²) in [6, 6.07) is 5.46. The zero-order valence-corrected chi connectivity index (χ0v) is 11.2. The summed E-state index contributed by atoms with van der Waals surface area (Å²) < 4.78 is 1.73. The van der Waals surface area contributed by atoms with E-state index in [0.717, 1.165) is 18.4 Å². The Labute approximate surface area is 120 Å². The molecule has 1 saturated carbocycles. The number of hydrogen-bond acceptors (Lipinski definition) is 5. The average molecular weight is 279 g/mol. The van der Waals surface area contributed by atoms with Gasteiger partial charge >= 0.3 is 0 Å². The van der Waals surface area contributed by atoms with Gasteiger partial charge in [0.2, 0.25) is 0 Å². The van der Waals surface area contributed by atoms with Gasteiger partial charge < -0.3 is 5.73 Å². The van der Waals surface area contributed by atoms with Gasteiger partial charge in [0.1, 0.15) is 11.2 Å². The van der Waals surface area contributed by atoms with Crippen molar-refractivity contribution in [2.75, 3.05) is 5.73 Å². The van der Waals surface area contributed by atoms with Crippen LogP contribution in [0.4, 0.5) is 5.69 Å². The van der Waals surface area contributed by atoms with E-state index in [1.807, 2.05) is 0 Å². The largest absolute Gasteiger partial charge is 0.397 e. The summed E-state index contributed by atoms with van der Waals surface area (Å²) in [7, 11) is 0. The first-order valence-corrected chi connectivity index (χ1v) is 6.83. The minimum atomic E-state index is -0.116. The van der Waals surface area contributed by atoms with Crippen LogP contribution in [0, 0.1) is 0 Å². The topological polar surface area (TPSA) is 86.7 Å². The molecule has 4 rings (SSSR count). The maximum atomic E-state index is 12.8. The number of nitrogens with two attached hydrogens (primary N) is 1. The lowest BCUT2D eigenvalue weighted by molar-refractivity contribution is 0.726. The van der Waals surface area contributed by atoms with Crippen LogP contribution in [-0.4, -0.2) is 19.5 Å². The van der Waals surface area contributed by atoms with Crippen molar-refractivity contribution in [3.05, 3.63) is 47.1 Å². The lowest BCUT2D eigenvalue weighted by Gasteiger charge is -2.11. The van der Waals surface area contributed by atoms with Crippen LogP contribution < -0.4 is 11.3 Å². The number of aromatic nitrogens is 4. The molecule has 2 N–H and O–H groups in total. The van der Waals surface area contributed by atoms with E-state index >= 15 is 0 Å². The average Bonchev–Trinajstić information content (AvgIpc) is 3.32. The molecule has 0 saturated heterocycles. The zero-order valence-electron chi connectivity index (χ0n) is 11.2. The fourth-order valence-electron chi connectivity index (χ4n) is 2.49. The molecule has 0 amide bonds. The van der Waals surface area contributed by atoms with Crippen molar-refractivity contribution in [3.63, 3.8) is 0 Å². The molecular weight excluding hydrogens is 266 g/mol. The summed E-state index contributed by atoms with van der Waals surface area (Å²) in [5.41, 5.74) is 8.72. The number of hydrogen-bond donors (Lipinski definition) is 1. The number of nitrogens with zero attached hydrogens (tertiary/aromatic N) is 4. The Balaban J connectivity index is 2.11. The summed E-state index contributed by atoms with van der Waals surface area (Å²) in [6.07, 6.45) is 6.89. The monoisotopic (exact) mass is 279 g/mol. The molecule has 6 nitrogen and oxygen atoms in total. The summed E-state index contributed by atoms with van der Waals surface area (Å²) in [4.78, 5) is 25.5. The summed E-state index contributed by atoms with van der Waals surface area (Å²) in [5, 5.41) is 0. The van der Waals surface area contributed by atoms with Crippen LogP contribution in [-0.2, 0) is 0 Å². The second-order valence-corrected chi connectivity index (χ2v) is 5.18. The molecule has 3 aromatic rings. The van der Waals surface area contributed by atoms with Crippen molar-refractivity contribution >= 4 is 16.9 Å². The van der Waals surface area contributed by atoms with Crippen molar-refractivity contribution in [1.29, 1.82) is 0 Å². The normalized spacial score (nSPS) is 14.5. The minimum absolute atomic E-state index is 0.116. The minimum Gasteiger partial charge on any atom is -0.397 e. The molecule has 0 atom stereocenters. The van der Waals surface area contributed by atoms with E-state index in [9.17, 15) is 4.79 Å². The van der Waals surface area contributed by atoms with Gasteiger partial charge in [-0.05, 0) is 31.0 Å². The quantitative estimate of drug-likeness (QED) is 0.772. The molecule has 0 spiro atoms. The summed E-state index contributed by atoms with van der Waals surface area (Å²) in [5.74, 6) is 0. The van der Waals surface area contributed by atoms with Gasteiger partial charge in [0.15, 0.2) is 5.65 Å². The predicted molar refractivity (Wildman–Crippen MR) is 79.7 cm³/mol. The molecule has 0 radical (unpaired) electrons. The molecule has 0 unspecified atom stereocenters. The predicted octanol–water partition coefficient (Wildman–Crippen LogP) is 1.77. The van der Waals surface area contributed by atoms with Gasteiger partial charge in [-0.1, -0.05) is 0 Å². The molecule has 104 valence electrons. The highest BCUT2D eigenvalue weighted by Gasteiger charge is 2.29. The summed E-state index contributed by atoms with van der Waals surface area (Å²) >= 11 is 0. The Morgan fingerprint density at radius 1 is 1.14 bits per heavy atom. The first-order valence-electron chi connectivity index (χ1n) is 6.83. The van der Waals surface area contributed by atoms with E-state index in [0.29, 0.717) is 22.5 Å². The molecule has 6 heteroatoms. The first-order chi connectivity index (χ1) is 10.3. The van der Waals surface area contributed by atoms with Gasteiger partial charge in [0.25, 0.3) is 5.56 Å². The van der Waals surface area contributed by atoms with Crippen LogP contribution in [0.2, 0.25) is 0 Å². The van der Waals surface area contributed by atoms with Gasteiger partial charge in [-0.25, -0.2) is 9.97 Å². The third-order valence-corrected chi connectivity index (χ3v) is 3.68. The number of fused-ring (bicyclic) bond motifs is 1. The second kappa shape index (κ2) is 4.37. The maximum Gasteiger partial charge on any atom is 0.279 e. The van der Waals surface area contributed by atoms with Crippen LogP contribution in [0.1, 0.15) is 18.9 Å². The zero-order chi connectivity index (χ0) is 14.4. The second-order valence-electron chi connectivity index (χ2n) is 5.18. The van der Waals surface area contributed by atoms with Crippen molar-refractivity contribution in [2.45, 2.75) is 18.9 Å². The molecule has 1 aliphatic rings. The third-order valence-electron chi connectivity index (χ3n) is 3.68. The lowest BCUT2D eigenvalue weighted by atomic mass is 10.2. The lowest BCUT2D eigenvalue weighted by Crippen LogP contribution is -2.24. The van der Waals surface area contributed by atoms with Crippen LogP contribution in [0.25, 0.3) is 22.4 Å². The van der Waals surface area contributed by atoms with E-state index in [1.54, 1.807) is 41.4 Å². The Morgan fingerprint density at radius 2 is 1.90 bits per heavy atom. The van der Waals surface area contributed by atoms with Crippen LogP contribution >= 0.6 is 0 Å². The number of rotatable bonds is 2. The van der Waals surface area contributed by atoms with E-state index < -0.39 is 0 Å². The number of nitrogen functional groups attached to an aromatic ring is 1. The van der Waals surface area contributed by atoms with E-state index in [2.05, 4.69) is 15.0 Å². The molecule has 21 heavy (non-hydrogen) atoms. The highest BCUT2D eigenvalue weighted by Crippen LogP contribution is 2.36. The van der Waals surface area contributed by atoms with Gasteiger partial charge in [0.05, 0.1) is 5.69 Å². The smallest absolute Gasteiger partial charge is 0.279 e. The Morgan fingerprint density at radius 3 is 2.62 bits per heavy atom. The SMILES string of the molecule is Nc1ccnc2c1nc(-c1ccncc1)c(=O)n2C1CC1. The van der Waals surface area contributed by atoms with E-state index in [-0.39, 0.29) is 11.6 Å². The molecule has 3 aromatic heterocycles. The Kier molecular flexibility index (Phi) is 2.50. The van der Waals surface area contributed by atoms with E-state index in [1.165, 1.54) is 0 Å². The van der Waals surface area contributed by atoms with Crippen LogP contribution in [0.3, 0.4) is 0 Å². The van der Waals surface area contributed by atoms with Crippen LogP contribution in [0.15, 0.2) is 41.6 Å². The highest BCUT2D eigenvalue weighted by atomic mass is 16.1. The highest BCUT2D eigenvalue weighted by molar-refractivity contribution is 5.85. The van der Waals surface area contributed by atoms with Crippen molar-refractivity contribution in [2.24, 2.45) is 0 Å². The van der Waals surface area contributed by atoms with Crippen molar-refractivity contribution in [3.8, 4) is 11.3 Å². The van der Waals surface area contributed by atoms with Gasteiger partial charge in [-0.3, -0.25) is 14.3 Å². The molecule has 0 aliphatic heterocycles. The number of anilines is 1. The first kappa shape index (κ1) is 12.0. The summed E-state index contributed by atoms with van der Waals surface area (Å²) in [6.45, 7) is 0. The van der Waals surface area contributed by atoms with Gasteiger partial charge in [-0.15, -0.1) is 0 Å². The van der Waals surface area contributed by atoms with Crippen molar-refractivity contribution in [1.82, 2.24) is 19.5 Å². The number of pyridine rings is 2. The third kappa shape index (κ3) is 1.87. The molecule has 3 heterocycles.